The zero-order valence-corrected chi connectivity index (χ0v) is 9.46. The van der Waals surface area contributed by atoms with Crippen molar-refractivity contribution in [1.29, 1.82) is 0 Å². The second-order valence-corrected chi connectivity index (χ2v) is 3.35. The second-order valence-electron chi connectivity index (χ2n) is 3.35. The van der Waals surface area contributed by atoms with Gasteiger partial charge in [0.15, 0.2) is 5.71 Å². The van der Waals surface area contributed by atoms with Crippen LogP contribution in [0.1, 0.15) is 12.5 Å². The van der Waals surface area contributed by atoms with Crippen molar-refractivity contribution in [3.05, 3.63) is 35.9 Å². The van der Waals surface area contributed by atoms with E-state index in [0.29, 0.717) is 5.69 Å². The summed E-state index contributed by atoms with van der Waals surface area (Å²) in [6.07, 6.45) is 3.55. The van der Waals surface area contributed by atoms with Gasteiger partial charge >= 0.3 is 5.97 Å². The summed E-state index contributed by atoms with van der Waals surface area (Å²) in [5.41, 5.74) is 7.17. The number of carboxylic acids is 1. The van der Waals surface area contributed by atoms with Gasteiger partial charge in [-0.2, -0.15) is 0 Å². The molecule has 0 aromatic heterocycles. The minimum absolute atomic E-state index is 0.0812. The molecule has 0 spiro atoms. The van der Waals surface area contributed by atoms with E-state index in [0.717, 1.165) is 5.56 Å². The SMILES string of the molecule is CC(=NOC/C=C/c1cccc(N)c1)C(=O)O. The van der Waals surface area contributed by atoms with Gasteiger partial charge in [0.1, 0.15) is 6.61 Å². The Labute approximate surface area is 99.2 Å². The average molecular weight is 234 g/mol. The summed E-state index contributed by atoms with van der Waals surface area (Å²) in [4.78, 5) is 15.2. The second kappa shape index (κ2) is 6.32. The van der Waals surface area contributed by atoms with Gasteiger partial charge in [0.05, 0.1) is 0 Å². The summed E-state index contributed by atoms with van der Waals surface area (Å²) < 4.78 is 0. The highest BCUT2D eigenvalue weighted by Gasteiger charge is 2.00. The van der Waals surface area contributed by atoms with E-state index in [1.54, 1.807) is 12.1 Å². The molecule has 5 heteroatoms. The molecule has 17 heavy (non-hydrogen) atoms. The number of hydrogen-bond donors (Lipinski definition) is 2. The molecule has 0 heterocycles. The number of rotatable bonds is 5. The Morgan fingerprint density at radius 2 is 2.35 bits per heavy atom. The number of nitrogens with two attached hydrogens (primary N) is 1. The van der Waals surface area contributed by atoms with E-state index in [-0.39, 0.29) is 12.3 Å². The Morgan fingerprint density at radius 1 is 1.59 bits per heavy atom. The van der Waals surface area contributed by atoms with Gasteiger partial charge in [-0.05, 0) is 30.7 Å². The molecule has 5 nitrogen and oxygen atoms in total. The number of nitrogen functional groups attached to an aromatic ring is 1. The first kappa shape index (κ1) is 12.8. The summed E-state index contributed by atoms with van der Waals surface area (Å²) in [5.74, 6) is -1.09. The maximum atomic E-state index is 10.4. The summed E-state index contributed by atoms with van der Waals surface area (Å²) in [5, 5.41) is 11.9. The molecular formula is C12H14N2O3. The molecule has 1 rings (SSSR count). The van der Waals surface area contributed by atoms with Gasteiger partial charge in [-0.25, -0.2) is 4.79 Å². The van der Waals surface area contributed by atoms with Crippen molar-refractivity contribution in [1.82, 2.24) is 0 Å². The highest BCUT2D eigenvalue weighted by atomic mass is 16.6. The van der Waals surface area contributed by atoms with E-state index in [9.17, 15) is 4.79 Å². The molecule has 0 atom stereocenters. The number of oxime groups is 1. The largest absolute Gasteiger partial charge is 0.477 e. The minimum Gasteiger partial charge on any atom is -0.477 e. The number of carbonyl (C=O) groups is 1. The first-order chi connectivity index (χ1) is 8.09. The molecular weight excluding hydrogens is 220 g/mol. The van der Waals surface area contributed by atoms with E-state index >= 15 is 0 Å². The highest BCUT2D eigenvalue weighted by molar-refractivity contribution is 6.34. The number of aliphatic carboxylic acids is 1. The minimum atomic E-state index is -1.09. The molecule has 0 aliphatic carbocycles. The van der Waals surface area contributed by atoms with Crippen molar-refractivity contribution in [2.24, 2.45) is 5.16 Å². The Bertz CT molecular complexity index is 453. The molecule has 0 unspecified atom stereocenters. The maximum absolute atomic E-state index is 10.4. The molecule has 0 aliphatic heterocycles. The lowest BCUT2D eigenvalue weighted by atomic mass is 10.2. The predicted octanol–water partition coefficient (Wildman–Crippen LogP) is 1.76. The van der Waals surface area contributed by atoms with Crippen LogP contribution >= 0.6 is 0 Å². The van der Waals surface area contributed by atoms with Crippen LogP contribution in [0.25, 0.3) is 6.08 Å². The lowest BCUT2D eigenvalue weighted by molar-refractivity contribution is -0.129. The van der Waals surface area contributed by atoms with E-state index < -0.39 is 5.97 Å². The standard InChI is InChI=1S/C12H14N2O3/c1-9(12(15)16)14-17-7-3-5-10-4-2-6-11(13)8-10/h2-6,8H,7,13H2,1H3,(H,15,16)/b5-3+,14-9?. The number of nitrogens with zero attached hydrogens (tertiary/aromatic N) is 1. The Hall–Kier alpha value is -2.30. The van der Waals surface area contributed by atoms with Crippen LogP contribution in [0.2, 0.25) is 0 Å². The van der Waals surface area contributed by atoms with Gasteiger partial charge in [0.2, 0.25) is 0 Å². The Morgan fingerprint density at radius 3 is 3.00 bits per heavy atom. The third-order valence-corrected chi connectivity index (χ3v) is 1.90. The summed E-state index contributed by atoms with van der Waals surface area (Å²) in [6, 6.07) is 7.37. The molecule has 0 bridgehead atoms. The number of anilines is 1. The van der Waals surface area contributed by atoms with Crippen molar-refractivity contribution in [2.75, 3.05) is 12.3 Å². The predicted molar refractivity (Wildman–Crippen MR) is 66.6 cm³/mol. The van der Waals surface area contributed by atoms with E-state index in [2.05, 4.69) is 5.16 Å². The highest BCUT2D eigenvalue weighted by Crippen LogP contribution is 2.07. The van der Waals surface area contributed by atoms with Crippen LogP contribution in [-0.4, -0.2) is 23.4 Å². The zero-order chi connectivity index (χ0) is 12.7. The van der Waals surface area contributed by atoms with Gasteiger partial charge < -0.3 is 15.7 Å². The fourth-order valence-electron chi connectivity index (χ4n) is 1.06. The topological polar surface area (TPSA) is 84.9 Å². The van der Waals surface area contributed by atoms with Gasteiger partial charge in [0.25, 0.3) is 0 Å². The third-order valence-electron chi connectivity index (χ3n) is 1.90. The monoisotopic (exact) mass is 234 g/mol. The van der Waals surface area contributed by atoms with Crippen molar-refractivity contribution in [3.8, 4) is 0 Å². The molecule has 1 aromatic carbocycles. The zero-order valence-electron chi connectivity index (χ0n) is 9.46. The van der Waals surface area contributed by atoms with E-state index in [4.69, 9.17) is 15.7 Å². The maximum Gasteiger partial charge on any atom is 0.353 e. The molecule has 1 aromatic rings. The third kappa shape index (κ3) is 4.83. The molecule has 0 aliphatic rings. The van der Waals surface area contributed by atoms with Crippen LogP contribution in [0, 0.1) is 0 Å². The van der Waals surface area contributed by atoms with Crippen LogP contribution in [0.4, 0.5) is 5.69 Å². The molecule has 0 saturated carbocycles. The van der Waals surface area contributed by atoms with Crippen molar-refractivity contribution in [3.63, 3.8) is 0 Å². The first-order valence-corrected chi connectivity index (χ1v) is 5.01. The molecule has 0 saturated heterocycles. The van der Waals surface area contributed by atoms with Gasteiger partial charge in [-0.3, -0.25) is 0 Å². The van der Waals surface area contributed by atoms with Crippen molar-refractivity contribution < 1.29 is 14.7 Å². The van der Waals surface area contributed by atoms with Crippen molar-refractivity contribution >= 4 is 23.4 Å². The number of benzene rings is 1. The van der Waals surface area contributed by atoms with E-state index in [1.807, 2.05) is 24.3 Å². The molecule has 0 radical (unpaired) electrons. The van der Waals surface area contributed by atoms with Crippen LogP contribution in [0.3, 0.4) is 0 Å². The molecule has 0 amide bonds. The summed E-state index contributed by atoms with van der Waals surface area (Å²) in [6.45, 7) is 1.57. The van der Waals surface area contributed by atoms with Crippen LogP contribution < -0.4 is 5.73 Å². The van der Waals surface area contributed by atoms with Gasteiger partial charge in [-0.1, -0.05) is 23.4 Å². The normalized spacial score (nSPS) is 11.7. The number of carboxylic acid groups (broad SMARTS) is 1. The Balaban J connectivity index is 2.41. The first-order valence-electron chi connectivity index (χ1n) is 5.01. The molecule has 3 N–H and O–H groups in total. The Kier molecular flexibility index (Phi) is 4.75. The summed E-state index contributed by atoms with van der Waals surface area (Å²) >= 11 is 0. The fraction of sp³-hybridized carbons (Fsp3) is 0.167. The average Bonchev–Trinajstić information content (AvgIpc) is 2.28. The van der Waals surface area contributed by atoms with Gasteiger partial charge in [-0.15, -0.1) is 0 Å². The number of hydrogen-bond acceptors (Lipinski definition) is 4. The molecule has 90 valence electrons. The lowest BCUT2D eigenvalue weighted by Crippen LogP contribution is -2.08. The van der Waals surface area contributed by atoms with Gasteiger partial charge in [0, 0.05) is 5.69 Å². The van der Waals surface area contributed by atoms with Crippen LogP contribution in [0.5, 0.6) is 0 Å². The lowest BCUT2D eigenvalue weighted by Gasteiger charge is -1.96. The fourth-order valence-corrected chi connectivity index (χ4v) is 1.06. The summed E-state index contributed by atoms with van der Waals surface area (Å²) in [7, 11) is 0. The quantitative estimate of drug-likeness (QED) is 0.352. The molecule has 0 fully saturated rings. The smallest absolute Gasteiger partial charge is 0.353 e. The van der Waals surface area contributed by atoms with E-state index in [1.165, 1.54) is 6.92 Å². The van der Waals surface area contributed by atoms with Crippen LogP contribution in [-0.2, 0) is 9.63 Å². The van der Waals surface area contributed by atoms with Crippen LogP contribution in [0.15, 0.2) is 35.5 Å². The van der Waals surface area contributed by atoms with Crippen molar-refractivity contribution in [2.45, 2.75) is 6.92 Å².